The average molecular weight is 330 g/mol. The Balaban J connectivity index is 2.60. The minimum atomic E-state index is -0.337. The fourth-order valence-corrected chi connectivity index (χ4v) is 2.42. The van der Waals surface area contributed by atoms with E-state index < -0.39 is 0 Å². The van der Waals surface area contributed by atoms with E-state index in [1.165, 1.54) is 0 Å². The summed E-state index contributed by atoms with van der Waals surface area (Å²) in [5.74, 6) is -0.337. The first-order valence-corrected chi connectivity index (χ1v) is 6.01. The first kappa shape index (κ1) is 11.4. The first-order chi connectivity index (χ1) is 7.63. The maximum atomic E-state index is 11.7. The summed E-state index contributed by atoms with van der Waals surface area (Å²) < 4.78 is 7.77. The number of nitrogens with zero attached hydrogens (tertiary/aromatic N) is 2. The molecular formula is C11H11IN2O2. The Bertz CT molecular complexity index is 548. The van der Waals surface area contributed by atoms with Crippen molar-refractivity contribution in [1.82, 2.24) is 9.38 Å². The van der Waals surface area contributed by atoms with Gasteiger partial charge in [-0.25, -0.2) is 9.78 Å². The van der Waals surface area contributed by atoms with Crippen LogP contribution >= 0.6 is 22.6 Å². The molecule has 0 aromatic carbocycles. The van der Waals surface area contributed by atoms with Crippen LogP contribution in [0.1, 0.15) is 23.0 Å². The summed E-state index contributed by atoms with van der Waals surface area (Å²) in [6, 6.07) is 2.03. The fraction of sp³-hybridized carbons (Fsp3) is 0.273. The van der Waals surface area contributed by atoms with Gasteiger partial charge in [-0.1, -0.05) is 0 Å². The van der Waals surface area contributed by atoms with Gasteiger partial charge in [0.15, 0.2) is 11.3 Å². The molecule has 0 bridgehead atoms. The van der Waals surface area contributed by atoms with Gasteiger partial charge in [-0.2, -0.15) is 0 Å². The van der Waals surface area contributed by atoms with Gasteiger partial charge < -0.3 is 4.74 Å². The quantitative estimate of drug-likeness (QED) is 0.627. The summed E-state index contributed by atoms with van der Waals surface area (Å²) in [7, 11) is 0. The van der Waals surface area contributed by atoms with Gasteiger partial charge in [0.2, 0.25) is 0 Å². The molecule has 0 radical (unpaired) electrons. The number of carbonyl (C=O) groups is 1. The molecular weight excluding hydrogens is 319 g/mol. The molecule has 5 heteroatoms. The molecule has 0 N–H and O–H groups in total. The van der Waals surface area contributed by atoms with E-state index in [1.54, 1.807) is 17.5 Å². The Kier molecular flexibility index (Phi) is 3.13. The van der Waals surface area contributed by atoms with E-state index in [4.69, 9.17) is 4.74 Å². The summed E-state index contributed by atoms with van der Waals surface area (Å²) in [6.07, 6.45) is 3.44. The zero-order valence-electron chi connectivity index (χ0n) is 9.03. The average Bonchev–Trinajstić information content (AvgIpc) is 2.61. The zero-order chi connectivity index (χ0) is 11.7. The Morgan fingerprint density at radius 2 is 2.38 bits per heavy atom. The SMILES string of the molecule is CCOC(=O)c1cnc2c(I)cc(C)cn12. The highest BCUT2D eigenvalue weighted by Crippen LogP contribution is 2.17. The van der Waals surface area contributed by atoms with E-state index in [0.717, 1.165) is 14.8 Å². The molecule has 84 valence electrons. The molecule has 16 heavy (non-hydrogen) atoms. The van der Waals surface area contributed by atoms with Crippen molar-refractivity contribution in [2.45, 2.75) is 13.8 Å². The molecule has 0 amide bonds. The van der Waals surface area contributed by atoms with Crippen molar-refractivity contribution in [3.8, 4) is 0 Å². The molecule has 0 atom stereocenters. The normalized spacial score (nSPS) is 10.7. The van der Waals surface area contributed by atoms with Gasteiger partial charge in [0.05, 0.1) is 16.4 Å². The molecule has 0 saturated heterocycles. The Labute approximate surface area is 107 Å². The number of esters is 1. The first-order valence-electron chi connectivity index (χ1n) is 4.93. The molecule has 2 aromatic rings. The van der Waals surface area contributed by atoms with Crippen LogP contribution in [0, 0.1) is 10.5 Å². The number of halogens is 1. The number of pyridine rings is 1. The van der Waals surface area contributed by atoms with Gasteiger partial charge in [-0.15, -0.1) is 0 Å². The van der Waals surface area contributed by atoms with Crippen molar-refractivity contribution < 1.29 is 9.53 Å². The number of fused-ring (bicyclic) bond motifs is 1. The van der Waals surface area contributed by atoms with Gasteiger partial charge in [0.25, 0.3) is 0 Å². The molecule has 2 rings (SSSR count). The minimum Gasteiger partial charge on any atom is -0.461 e. The zero-order valence-corrected chi connectivity index (χ0v) is 11.2. The minimum absolute atomic E-state index is 0.337. The Morgan fingerprint density at radius 1 is 1.62 bits per heavy atom. The largest absolute Gasteiger partial charge is 0.461 e. The van der Waals surface area contributed by atoms with Crippen molar-refractivity contribution >= 4 is 34.2 Å². The molecule has 4 nitrogen and oxygen atoms in total. The van der Waals surface area contributed by atoms with Crippen LogP contribution in [0.15, 0.2) is 18.5 Å². The molecule has 0 spiro atoms. The van der Waals surface area contributed by atoms with Crippen LogP contribution in [0.25, 0.3) is 5.65 Å². The predicted molar refractivity (Wildman–Crippen MR) is 68.6 cm³/mol. The number of aryl methyl sites for hydroxylation is 1. The molecule has 2 heterocycles. The molecule has 2 aromatic heterocycles. The number of carbonyl (C=O) groups excluding carboxylic acids is 1. The van der Waals surface area contributed by atoms with E-state index in [-0.39, 0.29) is 5.97 Å². The van der Waals surface area contributed by atoms with Crippen LogP contribution in [0.2, 0.25) is 0 Å². The van der Waals surface area contributed by atoms with E-state index >= 15 is 0 Å². The lowest BCUT2D eigenvalue weighted by molar-refractivity contribution is 0.0518. The second-order valence-electron chi connectivity index (χ2n) is 3.42. The topological polar surface area (TPSA) is 43.6 Å². The van der Waals surface area contributed by atoms with Gasteiger partial charge >= 0.3 is 5.97 Å². The maximum Gasteiger partial charge on any atom is 0.356 e. The number of imidazole rings is 1. The predicted octanol–water partition coefficient (Wildman–Crippen LogP) is 2.42. The lowest BCUT2D eigenvalue weighted by Gasteiger charge is -2.03. The molecule has 0 aliphatic rings. The van der Waals surface area contributed by atoms with Crippen LogP contribution in [0.4, 0.5) is 0 Å². The summed E-state index contributed by atoms with van der Waals surface area (Å²) in [5.41, 5.74) is 2.34. The highest BCUT2D eigenvalue weighted by atomic mass is 127. The van der Waals surface area contributed by atoms with Crippen LogP contribution in [-0.4, -0.2) is 22.0 Å². The lowest BCUT2D eigenvalue weighted by Crippen LogP contribution is -2.08. The van der Waals surface area contributed by atoms with E-state index in [0.29, 0.717) is 12.3 Å². The summed E-state index contributed by atoms with van der Waals surface area (Å²) in [5, 5.41) is 0. The van der Waals surface area contributed by atoms with E-state index in [1.807, 2.05) is 19.2 Å². The van der Waals surface area contributed by atoms with Crippen molar-refractivity contribution in [3.63, 3.8) is 0 Å². The highest BCUT2D eigenvalue weighted by molar-refractivity contribution is 14.1. The van der Waals surface area contributed by atoms with Crippen LogP contribution in [-0.2, 0) is 4.74 Å². The number of rotatable bonds is 2. The van der Waals surface area contributed by atoms with E-state index in [2.05, 4.69) is 27.6 Å². The van der Waals surface area contributed by atoms with Crippen molar-refractivity contribution in [3.05, 3.63) is 33.3 Å². The lowest BCUT2D eigenvalue weighted by atomic mass is 10.3. The standard InChI is InChI=1S/C11H11IN2O2/c1-3-16-11(15)9-5-13-10-8(12)4-7(2)6-14(9)10/h4-6H,3H2,1-2H3. The van der Waals surface area contributed by atoms with Crippen LogP contribution in [0.3, 0.4) is 0 Å². The molecule has 0 aliphatic carbocycles. The number of aromatic nitrogens is 2. The monoisotopic (exact) mass is 330 g/mol. The third-order valence-corrected chi connectivity index (χ3v) is 2.98. The number of ether oxygens (including phenoxy) is 1. The Morgan fingerprint density at radius 3 is 3.06 bits per heavy atom. The summed E-state index contributed by atoms with van der Waals surface area (Å²) >= 11 is 2.21. The second-order valence-corrected chi connectivity index (χ2v) is 4.59. The van der Waals surface area contributed by atoms with Gasteiger partial charge in [0.1, 0.15) is 0 Å². The molecule has 0 saturated carbocycles. The number of hydrogen-bond donors (Lipinski definition) is 0. The molecule has 0 unspecified atom stereocenters. The van der Waals surface area contributed by atoms with Crippen molar-refractivity contribution in [2.75, 3.05) is 6.61 Å². The summed E-state index contributed by atoms with van der Waals surface area (Å²) in [6.45, 7) is 4.14. The number of hydrogen-bond acceptors (Lipinski definition) is 3. The summed E-state index contributed by atoms with van der Waals surface area (Å²) in [4.78, 5) is 15.9. The van der Waals surface area contributed by atoms with Crippen molar-refractivity contribution in [2.24, 2.45) is 0 Å². The Hall–Kier alpha value is -1.11. The molecule has 0 fully saturated rings. The van der Waals surface area contributed by atoms with Gasteiger partial charge in [-0.05, 0) is 48.1 Å². The maximum absolute atomic E-state index is 11.7. The second kappa shape index (κ2) is 4.40. The van der Waals surface area contributed by atoms with Crippen LogP contribution in [0.5, 0.6) is 0 Å². The third-order valence-electron chi connectivity index (χ3n) is 2.18. The van der Waals surface area contributed by atoms with Crippen molar-refractivity contribution in [1.29, 1.82) is 0 Å². The molecule has 0 aliphatic heterocycles. The van der Waals surface area contributed by atoms with Crippen LogP contribution < -0.4 is 0 Å². The highest BCUT2D eigenvalue weighted by Gasteiger charge is 2.14. The van der Waals surface area contributed by atoms with Gasteiger partial charge in [0, 0.05) is 6.20 Å². The fourth-order valence-electron chi connectivity index (χ4n) is 1.53. The third kappa shape index (κ3) is 1.91. The smallest absolute Gasteiger partial charge is 0.356 e. The van der Waals surface area contributed by atoms with Gasteiger partial charge in [-0.3, -0.25) is 4.40 Å². The van der Waals surface area contributed by atoms with E-state index in [9.17, 15) is 4.79 Å².